The van der Waals surface area contributed by atoms with E-state index in [1.807, 2.05) is 18.2 Å². The molecule has 0 bridgehead atoms. The molecule has 0 amide bonds. The predicted octanol–water partition coefficient (Wildman–Crippen LogP) is 5.50. The molecular formula is C20H22ClNO. The van der Waals surface area contributed by atoms with Crippen LogP contribution in [0.25, 0.3) is 0 Å². The van der Waals surface area contributed by atoms with Crippen molar-refractivity contribution in [1.82, 2.24) is 0 Å². The lowest BCUT2D eigenvalue weighted by Crippen LogP contribution is -2.11. The van der Waals surface area contributed by atoms with Crippen molar-refractivity contribution < 1.29 is 4.74 Å². The summed E-state index contributed by atoms with van der Waals surface area (Å²) >= 11 is 6.17. The van der Waals surface area contributed by atoms with Crippen molar-refractivity contribution in [2.75, 3.05) is 7.11 Å². The summed E-state index contributed by atoms with van der Waals surface area (Å²) in [5, 5.41) is 10.1. The van der Waals surface area contributed by atoms with Crippen LogP contribution in [0.4, 0.5) is 0 Å². The number of methoxy groups -OCH3 is 1. The largest absolute Gasteiger partial charge is 0.495 e. The Hall–Kier alpha value is -1.98. The number of ether oxygens (including phenoxy) is 1. The van der Waals surface area contributed by atoms with Gasteiger partial charge in [0.1, 0.15) is 5.75 Å². The van der Waals surface area contributed by atoms with Gasteiger partial charge in [-0.25, -0.2) is 0 Å². The van der Waals surface area contributed by atoms with Gasteiger partial charge < -0.3 is 4.74 Å². The molecule has 1 unspecified atom stereocenters. The third-order valence-corrected chi connectivity index (χ3v) is 4.29. The van der Waals surface area contributed by atoms with Crippen molar-refractivity contribution in [3.8, 4) is 11.8 Å². The third-order valence-electron chi connectivity index (χ3n) is 3.99. The zero-order chi connectivity index (χ0) is 17.0. The standard InChI is InChI=1S/C20H22ClNO/c1-20(2,3)17-8-5-14(6-9-17)11-16(13-22)15-7-10-19(23-4)18(21)12-15/h5-10,12,16H,11H2,1-4H3. The van der Waals surface area contributed by atoms with Gasteiger partial charge in [0.05, 0.1) is 24.1 Å². The summed E-state index contributed by atoms with van der Waals surface area (Å²) in [4.78, 5) is 0. The van der Waals surface area contributed by atoms with Crippen molar-refractivity contribution in [2.45, 2.75) is 38.5 Å². The van der Waals surface area contributed by atoms with Crippen LogP contribution in [0.2, 0.25) is 5.02 Å². The molecule has 3 heteroatoms. The van der Waals surface area contributed by atoms with Gasteiger partial charge in [-0.3, -0.25) is 0 Å². The second-order valence-electron chi connectivity index (χ2n) is 6.73. The molecule has 2 rings (SSSR count). The number of benzene rings is 2. The van der Waals surface area contributed by atoms with Crippen LogP contribution in [-0.2, 0) is 11.8 Å². The first kappa shape index (κ1) is 17.4. The summed E-state index contributed by atoms with van der Waals surface area (Å²) in [6.45, 7) is 6.58. The van der Waals surface area contributed by atoms with E-state index < -0.39 is 0 Å². The Bertz CT molecular complexity index is 708. The fraction of sp³-hybridized carbons (Fsp3) is 0.350. The molecule has 0 saturated heterocycles. The Morgan fingerprint density at radius 2 is 1.78 bits per heavy atom. The zero-order valence-corrected chi connectivity index (χ0v) is 14.8. The molecular weight excluding hydrogens is 306 g/mol. The number of nitriles is 1. The maximum atomic E-state index is 9.52. The van der Waals surface area contributed by atoms with E-state index in [9.17, 15) is 5.26 Å². The summed E-state index contributed by atoms with van der Waals surface area (Å²) in [5.41, 5.74) is 3.49. The molecule has 1 atom stereocenters. The van der Waals surface area contributed by atoms with Crippen molar-refractivity contribution in [3.63, 3.8) is 0 Å². The fourth-order valence-electron chi connectivity index (χ4n) is 2.51. The lowest BCUT2D eigenvalue weighted by Gasteiger charge is -2.19. The van der Waals surface area contributed by atoms with Gasteiger partial charge in [-0.15, -0.1) is 0 Å². The van der Waals surface area contributed by atoms with Crippen LogP contribution >= 0.6 is 11.6 Å². The zero-order valence-electron chi connectivity index (χ0n) is 14.1. The van der Waals surface area contributed by atoms with Gasteiger partial charge in [-0.1, -0.05) is 62.7 Å². The molecule has 0 spiro atoms. The molecule has 0 heterocycles. The summed E-state index contributed by atoms with van der Waals surface area (Å²) in [5.74, 6) is 0.403. The fourth-order valence-corrected chi connectivity index (χ4v) is 2.78. The predicted molar refractivity (Wildman–Crippen MR) is 95.2 cm³/mol. The van der Waals surface area contributed by atoms with Gasteiger partial charge in [-0.2, -0.15) is 5.26 Å². The SMILES string of the molecule is COc1ccc(C(C#N)Cc2ccc(C(C)(C)C)cc2)cc1Cl. The summed E-state index contributed by atoms with van der Waals surface area (Å²) < 4.78 is 5.16. The Morgan fingerprint density at radius 1 is 1.13 bits per heavy atom. The van der Waals surface area contributed by atoms with E-state index in [4.69, 9.17) is 16.3 Å². The third kappa shape index (κ3) is 4.27. The first-order valence-corrected chi connectivity index (χ1v) is 8.05. The molecule has 0 saturated carbocycles. The van der Waals surface area contributed by atoms with Gasteiger partial charge in [0, 0.05) is 0 Å². The second-order valence-corrected chi connectivity index (χ2v) is 7.13. The first-order valence-electron chi connectivity index (χ1n) is 7.67. The molecule has 120 valence electrons. The van der Waals surface area contributed by atoms with Crippen LogP contribution in [0.1, 0.15) is 43.4 Å². The number of nitrogens with zero attached hydrogens (tertiary/aromatic N) is 1. The van der Waals surface area contributed by atoms with Crippen molar-refractivity contribution in [1.29, 1.82) is 5.26 Å². The number of hydrogen-bond donors (Lipinski definition) is 0. The quantitative estimate of drug-likeness (QED) is 0.743. The monoisotopic (exact) mass is 327 g/mol. The van der Waals surface area contributed by atoms with E-state index >= 15 is 0 Å². The smallest absolute Gasteiger partial charge is 0.137 e. The van der Waals surface area contributed by atoms with E-state index in [0.717, 1.165) is 11.1 Å². The van der Waals surface area contributed by atoms with Crippen molar-refractivity contribution >= 4 is 11.6 Å². The molecule has 0 radical (unpaired) electrons. The number of rotatable bonds is 4. The Kier molecular flexibility index (Phi) is 5.34. The molecule has 0 aliphatic carbocycles. The molecule has 2 aromatic rings. The average Bonchev–Trinajstić information content (AvgIpc) is 2.52. The second kappa shape index (κ2) is 7.06. The minimum absolute atomic E-state index is 0.136. The van der Waals surface area contributed by atoms with Crippen molar-refractivity contribution in [3.05, 3.63) is 64.2 Å². The average molecular weight is 328 g/mol. The van der Waals surface area contributed by atoms with E-state index in [1.54, 1.807) is 7.11 Å². The Balaban J connectivity index is 2.20. The molecule has 0 aromatic heterocycles. The Morgan fingerprint density at radius 3 is 2.26 bits per heavy atom. The normalized spacial score (nSPS) is 12.5. The molecule has 2 nitrogen and oxygen atoms in total. The molecule has 0 N–H and O–H groups in total. The highest BCUT2D eigenvalue weighted by atomic mass is 35.5. The van der Waals surface area contributed by atoms with Crippen molar-refractivity contribution in [2.24, 2.45) is 0 Å². The highest BCUT2D eigenvalue weighted by molar-refractivity contribution is 6.32. The maximum Gasteiger partial charge on any atom is 0.137 e. The summed E-state index contributed by atoms with van der Waals surface area (Å²) in [6, 6.07) is 16.4. The topological polar surface area (TPSA) is 33.0 Å². The highest BCUT2D eigenvalue weighted by Gasteiger charge is 2.16. The highest BCUT2D eigenvalue weighted by Crippen LogP contribution is 2.30. The Labute approximate surface area is 143 Å². The molecule has 2 aromatic carbocycles. The van der Waals surface area contributed by atoms with Crippen LogP contribution in [-0.4, -0.2) is 7.11 Å². The minimum atomic E-state index is -0.223. The minimum Gasteiger partial charge on any atom is -0.495 e. The van der Waals surface area contributed by atoms with Crippen LogP contribution in [0.3, 0.4) is 0 Å². The molecule has 0 fully saturated rings. The number of halogens is 1. The lowest BCUT2D eigenvalue weighted by atomic mass is 9.85. The number of hydrogen-bond acceptors (Lipinski definition) is 2. The van der Waals surface area contributed by atoms with Gasteiger partial charge in [0.15, 0.2) is 0 Å². The van der Waals surface area contributed by atoms with E-state index in [2.05, 4.69) is 51.1 Å². The van der Waals surface area contributed by atoms with E-state index in [1.165, 1.54) is 5.56 Å². The first-order chi connectivity index (χ1) is 10.8. The molecule has 0 aliphatic heterocycles. The van der Waals surface area contributed by atoms with Crippen LogP contribution in [0, 0.1) is 11.3 Å². The van der Waals surface area contributed by atoms with Crippen LogP contribution < -0.4 is 4.74 Å². The summed E-state index contributed by atoms with van der Waals surface area (Å²) in [7, 11) is 1.58. The van der Waals surface area contributed by atoms with Gasteiger partial charge >= 0.3 is 0 Å². The summed E-state index contributed by atoms with van der Waals surface area (Å²) in [6.07, 6.45) is 0.670. The molecule has 0 aliphatic rings. The molecule has 23 heavy (non-hydrogen) atoms. The van der Waals surface area contributed by atoms with Gasteiger partial charge in [0.25, 0.3) is 0 Å². The van der Waals surface area contributed by atoms with E-state index in [0.29, 0.717) is 17.2 Å². The van der Waals surface area contributed by atoms with Crippen LogP contribution in [0.5, 0.6) is 5.75 Å². The maximum absolute atomic E-state index is 9.52. The van der Waals surface area contributed by atoms with E-state index in [-0.39, 0.29) is 11.3 Å². The van der Waals surface area contributed by atoms with Crippen LogP contribution in [0.15, 0.2) is 42.5 Å². The van der Waals surface area contributed by atoms with Gasteiger partial charge in [0.2, 0.25) is 0 Å². The van der Waals surface area contributed by atoms with Gasteiger partial charge in [-0.05, 0) is 40.7 Å². The lowest BCUT2D eigenvalue weighted by molar-refractivity contribution is 0.415.